The van der Waals surface area contributed by atoms with E-state index < -0.39 is 0 Å². The molecular formula is C15H22N2O. The van der Waals surface area contributed by atoms with Crippen LogP contribution in [0.15, 0.2) is 61.3 Å². The first-order valence-electron chi connectivity index (χ1n) is 5.94. The van der Waals surface area contributed by atoms with E-state index in [2.05, 4.69) is 25.1 Å². The molecule has 0 spiro atoms. The predicted octanol–water partition coefficient (Wildman–Crippen LogP) is 2.25. The van der Waals surface area contributed by atoms with Crippen molar-refractivity contribution in [3.8, 4) is 0 Å². The van der Waals surface area contributed by atoms with Gasteiger partial charge < -0.3 is 11.1 Å². The predicted molar refractivity (Wildman–Crippen MR) is 78.1 cm³/mol. The second-order valence-corrected chi connectivity index (χ2v) is 3.66. The van der Waals surface area contributed by atoms with Gasteiger partial charge in [-0.3, -0.25) is 4.79 Å². The van der Waals surface area contributed by atoms with Crippen molar-refractivity contribution in [1.82, 2.24) is 5.32 Å². The summed E-state index contributed by atoms with van der Waals surface area (Å²) in [6.07, 6.45) is 10.1. The Morgan fingerprint density at radius 2 is 1.89 bits per heavy atom. The monoisotopic (exact) mass is 246 g/mol. The Bertz CT molecular complexity index is 365. The molecule has 0 bridgehead atoms. The van der Waals surface area contributed by atoms with E-state index in [1.807, 2.05) is 6.08 Å². The fraction of sp³-hybridized carbons (Fsp3) is 0.267. The van der Waals surface area contributed by atoms with E-state index in [1.165, 1.54) is 6.08 Å². The first-order chi connectivity index (χ1) is 8.69. The minimum absolute atomic E-state index is 0.142. The van der Waals surface area contributed by atoms with Crippen LogP contribution in [0.4, 0.5) is 0 Å². The fourth-order valence-corrected chi connectivity index (χ4v) is 1.23. The molecule has 0 aliphatic carbocycles. The van der Waals surface area contributed by atoms with Gasteiger partial charge in [-0.2, -0.15) is 0 Å². The van der Waals surface area contributed by atoms with Crippen LogP contribution in [0.3, 0.4) is 0 Å². The van der Waals surface area contributed by atoms with E-state index in [4.69, 9.17) is 5.73 Å². The molecule has 0 atom stereocenters. The molecule has 0 aliphatic heterocycles. The quantitative estimate of drug-likeness (QED) is 0.284. The molecule has 0 rings (SSSR count). The average molecular weight is 246 g/mol. The SMILES string of the molecule is C=CC/C(C=C)=C\C=C(/C=C)C(=O)NCCCN. The zero-order valence-electron chi connectivity index (χ0n) is 10.8. The molecular weight excluding hydrogens is 224 g/mol. The van der Waals surface area contributed by atoms with Crippen molar-refractivity contribution in [2.45, 2.75) is 12.8 Å². The lowest BCUT2D eigenvalue weighted by Gasteiger charge is -2.04. The van der Waals surface area contributed by atoms with E-state index in [0.29, 0.717) is 18.7 Å². The second kappa shape index (κ2) is 10.3. The van der Waals surface area contributed by atoms with Crippen LogP contribution in [0.1, 0.15) is 12.8 Å². The van der Waals surface area contributed by atoms with Crippen LogP contribution in [0.5, 0.6) is 0 Å². The lowest BCUT2D eigenvalue weighted by molar-refractivity contribution is -0.117. The number of nitrogens with one attached hydrogen (secondary N) is 1. The van der Waals surface area contributed by atoms with Gasteiger partial charge in [-0.05, 0) is 31.0 Å². The molecule has 0 aromatic heterocycles. The normalized spacial score (nSPS) is 11.8. The van der Waals surface area contributed by atoms with Gasteiger partial charge in [0.2, 0.25) is 0 Å². The van der Waals surface area contributed by atoms with Crippen LogP contribution in [0.25, 0.3) is 0 Å². The Morgan fingerprint density at radius 1 is 1.17 bits per heavy atom. The van der Waals surface area contributed by atoms with Gasteiger partial charge in [0.05, 0.1) is 0 Å². The molecule has 98 valence electrons. The number of carbonyl (C=O) groups excluding carboxylic acids is 1. The molecule has 0 saturated carbocycles. The molecule has 3 heteroatoms. The Balaban J connectivity index is 4.64. The Morgan fingerprint density at radius 3 is 2.39 bits per heavy atom. The first kappa shape index (κ1) is 16.1. The zero-order chi connectivity index (χ0) is 13.8. The van der Waals surface area contributed by atoms with Gasteiger partial charge in [-0.1, -0.05) is 37.5 Å². The number of nitrogens with two attached hydrogens (primary N) is 1. The van der Waals surface area contributed by atoms with E-state index in [1.54, 1.807) is 18.2 Å². The summed E-state index contributed by atoms with van der Waals surface area (Å²) < 4.78 is 0. The summed E-state index contributed by atoms with van der Waals surface area (Å²) >= 11 is 0. The fourth-order valence-electron chi connectivity index (χ4n) is 1.23. The molecule has 1 amide bonds. The second-order valence-electron chi connectivity index (χ2n) is 3.66. The number of amides is 1. The molecule has 3 N–H and O–H groups in total. The summed E-state index contributed by atoms with van der Waals surface area (Å²) in [5.41, 5.74) is 6.88. The Hall–Kier alpha value is -1.87. The Labute approximate surface area is 109 Å². The van der Waals surface area contributed by atoms with Crippen molar-refractivity contribution in [2.24, 2.45) is 5.73 Å². The van der Waals surface area contributed by atoms with Crippen LogP contribution < -0.4 is 11.1 Å². The maximum absolute atomic E-state index is 11.7. The van der Waals surface area contributed by atoms with Gasteiger partial charge in [0.1, 0.15) is 0 Å². The summed E-state index contributed by atoms with van der Waals surface area (Å²) in [5.74, 6) is -0.142. The molecule has 0 heterocycles. The van der Waals surface area contributed by atoms with Gasteiger partial charge >= 0.3 is 0 Å². The molecule has 3 nitrogen and oxygen atoms in total. The maximum atomic E-state index is 11.7. The lowest BCUT2D eigenvalue weighted by atomic mass is 10.1. The standard InChI is InChI=1S/C15H22N2O/c1-4-8-13(5-2)9-10-14(6-3)15(18)17-12-7-11-16/h4-6,9-10H,1-3,7-8,11-12,16H2,(H,17,18)/b13-9-,14-10+. The Kier molecular flexibility index (Phi) is 9.23. The van der Waals surface area contributed by atoms with Crippen molar-refractivity contribution in [3.05, 3.63) is 61.3 Å². The van der Waals surface area contributed by atoms with E-state index in [9.17, 15) is 4.79 Å². The van der Waals surface area contributed by atoms with Gasteiger partial charge in [0, 0.05) is 12.1 Å². The van der Waals surface area contributed by atoms with Crippen LogP contribution in [0.2, 0.25) is 0 Å². The minimum Gasteiger partial charge on any atom is -0.352 e. The number of hydrogen-bond acceptors (Lipinski definition) is 2. The highest BCUT2D eigenvalue weighted by atomic mass is 16.1. The van der Waals surface area contributed by atoms with Crippen LogP contribution in [0, 0.1) is 0 Å². The van der Waals surface area contributed by atoms with Crippen molar-refractivity contribution >= 4 is 5.91 Å². The summed E-state index contributed by atoms with van der Waals surface area (Å²) in [7, 11) is 0. The third-order valence-corrected chi connectivity index (χ3v) is 2.27. The highest BCUT2D eigenvalue weighted by molar-refractivity contribution is 5.96. The molecule has 0 saturated heterocycles. The first-order valence-corrected chi connectivity index (χ1v) is 5.94. The highest BCUT2D eigenvalue weighted by Crippen LogP contribution is 2.05. The number of carbonyl (C=O) groups is 1. The van der Waals surface area contributed by atoms with Crippen molar-refractivity contribution in [1.29, 1.82) is 0 Å². The number of allylic oxidation sites excluding steroid dienone is 5. The molecule has 0 aliphatic rings. The third kappa shape index (κ3) is 6.66. The number of hydrogen-bond donors (Lipinski definition) is 2. The summed E-state index contributed by atoms with van der Waals surface area (Å²) in [5, 5.41) is 2.77. The van der Waals surface area contributed by atoms with Gasteiger partial charge in [0.15, 0.2) is 0 Å². The summed E-state index contributed by atoms with van der Waals surface area (Å²) in [6.45, 7) is 12.1. The van der Waals surface area contributed by atoms with Gasteiger partial charge in [0.25, 0.3) is 5.91 Å². The summed E-state index contributed by atoms with van der Waals surface area (Å²) in [4.78, 5) is 11.7. The van der Waals surface area contributed by atoms with Crippen LogP contribution >= 0.6 is 0 Å². The lowest BCUT2D eigenvalue weighted by Crippen LogP contribution is -2.26. The molecule has 18 heavy (non-hydrogen) atoms. The topological polar surface area (TPSA) is 55.1 Å². The largest absolute Gasteiger partial charge is 0.352 e. The molecule has 0 radical (unpaired) electrons. The third-order valence-electron chi connectivity index (χ3n) is 2.27. The van der Waals surface area contributed by atoms with E-state index >= 15 is 0 Å². The zero-order valence-corrected chi connectivity index (χ0v) is 10.8. The molecule has 0 fully saturated rings. The summed E-state index contributed by atoms with van der Waals surface area (Å²) in [6, 6.07) is 0. The number of rotatable bonds is 9. The molecule has 0 aromatic rings. The van der Waals surface area contributed by atoms with Crippen molar-refractivity contribution in [3.63, 3.8) is 0 Å². The average Bonchev–Trinajstić information content (AvgIpc) is 2.38. The van der Waals surface area contributed by atoms with Crippen LogP contribution in [-0.2, 0) is 4.79 Å². The minimum atomic E-state index is -0.142. The van der Waals surface area contributed by atoms with Crippen LogP contribution in [-0.4, -0.2) is 19.0 Å². The smallest absolute Gasteiger partial charge is 0.251 e. The molecule has 0 aromatic carbocycles. The van der Waals surface area contributed by atoms with E-state index in [-0.39, 0.29) is 5.91 Å². The van der Waals surface area contributed by atoms with Crippen molar-refractivity contribution in [2.75, 3.05) is 13.1 Å². The molecule has 0 unspecified atom stereocenters. The van der Waals surface area contributed by atoms with E-state index in [0.717, 1.165) is 18.4 Å². The van der Waals surface area contributed by atoms with Gasteiger partial charge in [-0.25, -0.2) is 0 Å². The highest BCUT2D eigenvalue weighted by Gasteiger charge is 2.03. The maximum Gasteiger partial charge on any atom is 0.251 e. The van der Waals surface area contributed by atoms with Gasteiger partial charge in [-0.15, -0.1) is 6.58 Å². The van der Waals surface area contributed by atoms with Crippen molar-refractivity contribution < 1.29 is 4.79 Å².